The minimum Gasteiger partial charge on any atom is -0.497 e. The minimum atomic E-state index is -0.571. The fourth-order valence-corrected chi connectivity index (χ4v) is 3.93. The highest BCUT2D eigenvalue weighted by atomic mass is 32.2. The minimum absolute atomic E-state index is 0.0410. The van der Waals surface area contributed by atoms with Gasteiger partial charge in [0.1, 0.15) is 11.6 Å². The summed E-state index contributed by atoms with van der Waals surface area (Å²) in [5.41, 5.74) is 3.23. The Morgan fingerprint density at radius 3 is 2.78 bits per heavy atom. The number of ether oxygens (including phenoxy) is 1. The smallest absolute Gasteiger partial charge is 0.185 e. The largest absolute Gasteiger partial charge is 0.497 e. The van der Waals surface area contributed by atoms with Gasteiger partial charge >= 0.3 is 0 Å². The van der Waals surface area contributed by atoms with Crippen molar-refractivity contribution in [2.24, 2.45) is 4.99 Å². The lowest BCUT2D eigenvalue weighted by atomic mass is 10.1. The Morgan fingerprint density at radius 1 is 1.30 bits per heavy atom. The number of anilines is 1. The first kappa shape index (κ1) is 19.4. The third-order valence-corrected chi connectivity index (χ3v) is 5.76. The lowest BCUT2D eigenvalue weighted by Gasteiger charge is -2.29. The Balaban J connectivity index is 1.95. The number of hydrogen-bond donors (Lipinski definition) is 0. The lowest BCUT2D eigenvalue weighted by Crippen LogP contribution is -2.36. The third-order valence-electron chi connectivity index (χ3n) is 4.66. The van der Waals surface area contributed by atoms with E-state index in [1.807, 2.05) is 36.9 Å². The average Bonchev–Trinajstić information content (AvgIpc) is 2.69. The summed E-state index contributed by atoms with van der Waals surface area (Å²) >= 11 is 1.64. The molecule has 0 bridgehead atoms. The first-order chi connectivity index (χ1) is 13.0. The molecule has 3 rings (SSSR count). The maximum atomic E-state index is 14.4. The van der Waals surface area contributed by atoms with E-state index in [-0.39, 0.29) is 17.9 Å². The standard InChI is InChI=1S/C21H23FN2O2S/c1-14-6-4-7-19(15(14)2)24(21-23-10-5-11-27-21)13-20(25)17-9-8-16(26-3)12-18(17)22/h4,6-9,12H,5,10-11,13H2,1-3H3. The van der Waals surface area contributed by atoms with Crippen LogP contribution in [0.2, 0.25) is 0 Å². The number of rotatable bonds is 5. The number of amidine groups is 1. The van der Waals surface area contributed by atoms with Crippen LogP contribution in [0.3, 0.4) is 0 Å². The number of Topliss-reactive ketones (excluding diaryl/α,β-unsaturated/α-hetero) is 1. The van der Waals surface area contributed by atoms with Gasteiger partial charge in [0.2, 0.25) is 0 Å². The lowest BCUT2D eigenvalue weighted by molar-refractivity contribution is 0.0998. The van der Waals surface area contributed by atoms with E-state index in [4.69, 9.17) is 4.74 Å². The van der Waals surface area contributed by atoms with Gasteiger partial charge in [-0.3, -0.25) is 9.79 Å². The topological polar surface area (TPSA) is 41.9 Å². The molecule has 0 fully saturated rings. The highest BCUT2D eigenvalue weighted by molar-refractivity contribution is 8.14. The molecule has 1 aliphatic rings. The Bertz CT molecular complexity index is 882. The summed E-state index contributed by atoms with van der Waals surface area (Å²) in [6.45, 7) is 4.86. The van der Waals surface area contributed by atoms with Crippen molar-refractivity contribution in [1.82, 2.24) is 0 Å². The van der Waals surface area contributed by atoms with Crippen LogP contribution in [0.15, 0.2) is 41.4 Å². The summed E-state index contributed by atoms with van der Waals surface area (Å²) in [6.07, 6.45) is 1.02. The molecular formula is C21H23FN2O2S. The predicted octanol–water partition coefficient (Wildman–Crippen LogP) is 4.63. The van der Waals surface area contributed by atoms with Gasteiger partial charge in [-0.1, -0.05) is 23.9 Å². The first-order valence-corrected chi connectivity index (χ1v) is 9.87. The molecule has 0 spiro atoms. The number of methoxy groups -OCH3 is 1. The van der Waals surface area contributed by atoms with Gasteiger partial charge in [-0.15, -0.1) is 0 Å². The van der Waals surface area contributed by atoms with Crippen LogP contribution in [0.25, 0.3) is 0 Å². The van der Waals surface area contributed by atoms with Crippen LogP contribution in [-0.2, 0) is 0 Å². The second kappa shape index (κ2) is 8.57. The van der Waals surface area contributed by atoms with E-state index in [1.165, 1.54) is 19.2 Å². The molecule has 142 valence electrons. The molecule has 4 nitrogen and oxygen atoms in total. The average molecular weight is 386 g/mol. The van der Waals surface area contributed by atoms with E-state index in [2.05, 4.69) is 4.99 Å². The molecular weight excluding hydrogens is 363 g/mol. The Labute approximate surface area is 163 Å². The second-order valence-corrected chi connectivity index (χ2v) is 7.50. The van der Waals surface area contributed by atoms with Gasteiger partial charge in [0, 0.05) is 24.1 Å². The van der Waals surface area contributed by atoms with Crippen molar-refractivity contribution in [3.05, 3.63) is 58.9 Å². The van der Waals surface area contributed by atoms with Crippen molar-refractivity contribution in [2.75, 3.05) is 30.9 Å². The van der Waals surface area contributed by atoms with Gasteiger partial charge in [-0.25, -0.2) is 4.39 Å². The van der Waals surface area contributed by atoms with E-state index in [1.54, 1.807) is 17.8 Å². The second-order valence-electron chi connectivity index (χ2n) is 6.44. The number of thioether (sulfide) groups is 1. The summed E-state index contributed by atoms with van der Waals surface area (Å²) in [6, 6.07) is 10.3. The van der Waals surface area contributed by atoms with Crippen LogP contribution in [0, 0.1) is 19.7 Å². The zero-order valence-electron chi connectivity index (χ0n) is 15.8. The number of hydrogen-bond acceptors (Lipinski definition) is 5. The molecule has 0 radical (unpaired) electrons. The van der Waals surface area contributed by atoms with E-state index in [9.17, 15) is 9.18 Å². The van der Waals surface area contributed by atoms with Gasteiger partial charge in [0.15, 0.2) is 11.0 Å². The van der Waals surface area contributed by atoms with E-state index in [0.29, 0.717) is 5.75 Å². The number of ketones is 1. The van der Waals surface area contributed by atoms with Crippen LogP contribution < -0.4 is 9.64 Å². The molecule has 1 aliphatic heterocycles. The van der Waals surface area contributed by atoms with Gasteiger partial charge in [-0.05, 0) is 49.6 Å². The van der Waals surface area contributed by atoms with E-state index < -0.39 is 5.82 Å². The van der Waals surface area contributed by atoms with Gasteiger partial charge in [0.25, 0.3) is 0 Å². The number of benzene rings is 2. The zero-order chi connectivity index (χ0) is 19.4. The zero-order valence-corrected chi connectivity index (χ0v) is 16.6. The molecule has 1 heterocycles. The summed E-state index contributed by atoms with van der Waals surface area (Å²) in [4.78, 5) is 19.4. The molecule has 0 saturated heterocycles. The molecule has 0 aromatic heterocycles. The number of carbonyl (C=O) groups is 1. The maximum absolute atomic E-state index is 14.4. The number of nitrogens with zero attached hydrogens (tertiary/aromatic N) is 2. The number of carbonyl (C=O) groups excluding carboxylic acids is 1. The molecule has 2 aromatic carbocycles. The number of aryl methyl sites for hydroxylation is 1. The Morgan fingerprint density at radius 2 is 2.11 bits per heavy atom. The van der Waals surface area contributed by atoms with E-state index in [0.717, 1.165) is 40.7 Å². The van der Waals surface area contributed by atoms with Crippen LogP contribution in [0.5, 0.6) is 5.75 Å². The van der Waals surface area contributed by atoms with Crippen molar-refractivity contribution in [2.45, 2.75) is 20.3 Å². The Hall–Kier alpha value is -2.34. The molecule has 0 amide bonds. The van der Waals surface area contributed by atoms with Crippen molar-refractivity contribution < 1.29 is 13.9 Å². The number of halogens is 1. The fraction of sp³-hybridized carbons (Fsp3) is 0.333. The summed E-state index contributed by atoms with van der Waals surface area (Å²) < 4.78 is 19.4. The van der Waals surface area contributed by atoms with E-state index >= 15 is 0 Å². The quantitative estimate of drug-likeness (QED) is 0.703. The molecule has 0 atom stereocenters. The van der Waals surface area contributed by atoms with Gasteiger partial charge in [0.05, 0.1) is 19.2 Å². The van der Waals surface area contributed by atoms with Crippen molar-refractivity contribution in [3.63, 3.8) is 0 Å². The van der Waals surface area contributed by atoms with Crippen LogP contribution in [0.1, 0.15) is 27.9 Å². The highest BCUT2D eigenvalue weighted by Crippen LogP contribution is 2.28. The normalized spacial score (nSPS) is 13.9. The van der Waals surface area contributed by atoms with Crippen LogP contribution in [-0.4, -0.2) is 36.9 Å². The predicted molar refractivity (Wildman–Crippen MR) is 110 cm³/mol. The molecule has 0 saturated carbocycles. The SMILES string of the molecule is COc1ccc(C(=O)CN(C2=NCCCS2)c2cccc(C)c2C)c(F)c1. The Kier molecular flexibility index (Phi) is 6.16. The summed E-state index contributed by atoms with van der Waals surface area (Å²) in [5.74, 6) is 0.497. The monoisotopic (exact) mass is 386 g/mol. The number of aliphatic imine (C=N–C) groups is 1. The third kappa shape index (κ3) is 4.33. The molecule has 27 heavy (non-hydrogen) atoms. The van der Waals surface area contributed by atoms with Crippen molar-refractivity contribution in [1.29, 1.82) is 0 Å². The fourth-order valence-electron chi connectivity index (χ4n) is 2.97. The molecule has 0 aliphatic carbocycles. The molecule has 0 N–H and O–H groups in total. The van der Waals surface area contributed by atoms with Crippen LogP contribution >= 0.6 is 11.8 Å². The molecule has 6 heteroatoms. The molecule has 2 aromatic rings. The van der Waals surface area contributed by atoms with Gasteiger partial charge in [-0.2, -0.15) is 0 Å². The maximum Gasteiger partial charge on any atom is 0.185 e. The highest BCUT2D eigenvalue weighted by Gasteiger charge is 2.23. The first-order valence-electron chi connectivity index (χ1n) is 8.89. The van der Waals surface area contributed by atoms with Crippen molar-refractivity contribution in [3.8, 4) is 5.75 Å². The summed E-state index contributed by atoms with van der Waals surface area (Å²) in [5, 5.41) is 0.817. The van der Waals surface area contributed by atoms with Crippen LogP contribution in [0.4, 0.5) is 10.1 Å². The summed E-state index contributed by atoms with van der Waals surface area (Å²) in [7, 11) is 1.47. The molecule has 0 unspecified atom stereocenters. The van der Waals surface area contributed by atoms with Crippen molar-refractivity contribution >= 4 is 28.4 Å². The van der Waals surface area contributed by atoms with Gasteiger partial charge < -0.3 is 9.64 Å².